The molecule has 0 aliphatic rings. The fourth-order valence-corrected chi connectivity index (χ4v) is 1.45. The van der Waals surface area contributed by atoms with Crippen molar-refractivity contribution in [1.82, 2.24) is 15.3 Å². The lowest BCUT2D eigenvalue weighted by Crippen LogP contribution is -2.16. The molecule has 0 spiro atoms. The van der Waals surface area contributed by atoms with Crippen LogP contribution in [-0.4, -0.2) is 16.5 Å². The Morgan fingerprint density at radius 2 is 1.56 bits per heavy atom. The van der Waals surface area contributed by atoms with Crippen molar-refractivity contribution in [3.8, 4) is 0 Å². The maximum absolute atomic E-state index is 4.58. The summed E-state index contributed by atoms with van der Waals surface area (Å²) in [7, 11) is 0. The molecule has 0 saturated heterocycles. The highest BCUT2D eigenvalue weighted by Gasteiger charge is 2.09. The summed E-state index contributed by atoms with van der Waals surface area (Å²) in [6.07, 6.45) is 0. The first kappa shape index (κ1) is 13.1. The van der Waals surface area contributed by atoms with Gasteiger partial charge in [-0.15, -0.1) is 0 Å². The van der Waals surface area contributed by atoms with Crippen LogP contribution in [0.4, 0.5) is 0 Å². The van der Waals surface area contributed by atoms with E-state index >= 15 is 0 Å². The molecule has 0 aromatic carbocycles. The summed E-state index contributed by atoms with van der Waals surface area (Å²) in [5.41, 5.74) is 2.29. The lowest BCUT2D eigenvalue weighted by molar-refractivity contribution is 0.660. The van der Waals surface area contributed by atoms with E-state index in [-0.39, 0.29) is 0 Å². The third kappa shape index (κ3) is 3.56. The molecular formula is C13H23N3. The van der Waals surface area contributed by atoms with Gasteiger partial charge in [-0.3, -0.25) is 0 Å². The Balaban J connectivity index is 2.99. The van der Waals surface area contributed by atoms with Crippen LogP contribution in [0.5, 0.6) is 0 Å². The molecule has 1 rings (SSSR count). The topological polar surface area (TPSA) is 37.8 Å². The third-order valence-corrected chi connectivity index (χ3v) is 2.53. The minimum atomic E-state index is 0.459. The zero-order valence-corrected chi connectivity index (χ0v) is 11.0. The van der Waals surface area contributed by atoms with Gasteiger partial charge in [0.1, 0.15) is 5.82 Å². The lowest BCUT2D eigenvalue weighted by atomic mass is 10.0. The highest BCUT2D eigenvalue weighted by molar-refractivity contribution is 5.16. The first-order chi connectivity index (χ1) is 7.54. The maximum Gasteiger partial charge on any atom is 0.142 e. The van der Waals surface area contributed by atoms with Gasteiger partial charge in [0.15, 0.2) is 0 Å². The summed E-state index contributed by atoms with van der Waals surface area (Å²) in [4.78, 5) is 9.16. The molecule has 0 aliphatic heterocycles. The molecule has 0 atom stereocenters. The molecule has 3 nitrogen and oxygen atoms in total. The van der Waals surface area contributed by atoms with E-state index in [4.69, 9.17) is 0 Å². The number of nitrogens with zero attached hydrogens (tertiary/aromatic N) is 2. The van der Waals surface area contributed by atoms with Crippen LogP contribution < -0.4 is 5.32 Å². The smallest absolute Gasteiger partial charge is 0.142 e. The van der Waals surface area contributed by atoms with Crippen molar-refractivity contribution in [2.24, 2.45) is 0 Å². The van der Waals surface area contributed by atoms with Crippen LogP contribution in [0.25, 0.3) is 0 Å². The zero-order valence-electron chi connectivity index (χ0n) is 11.0. The highest BCUT2D eigenvalue weighted by Crippen LogP contribution is 2.18. The highest BCUT2D eigenvalue weighted by atomic mass is 15.0. The van der Waals surface area contributed by atoms with Gasteiger partial charge in [0.25, 0.3) is 0 Å². The predicted octanol–water partition coefficient (Wildman–Crippen LogP) is 2.83. The normalized spacial score (nSPS) is 11.4. The van der Waals surface area contributed by atoms with E-state index < -0.39 is 0 Å². The third-order valence-electron chi connectivity index (χ3n) is 2.53. The van der Waals surface area contributed by atoms with Crippen molar-refractivity contribution in [2.75, 3.05) is 6.54 Å². The van der Waals surface area contributed by atoms with Crippen molar-refractivity contribution in [3.05, 3.63) is 23.3 Å². The van der Waals surface area contributed by atoms with Crippen LogP contribution in [-0.2, 0) is 6.54 Å². The van der Waals surface area contributed by atoms with Gasteiger partial charge < -0.3 is 5.32 Å². The zero-order chi connectivity index (χ0) is 12.1. The Kier molecular flexibility index (Phi) is 4.87. The van der Waals surface area contributed by atoms with Crippen molar-refractivity contribution < 1.29 is 0 Å². The van der Waals surface area contributed by atoms with Crippen molar-refractivity contribution in [2.45, 2.75) is 53.0 Å². The Morgan fingerprint density at radius 3 is 1.94 bits per heavy atom. The van der Waals surface area contributed by atoms with Gasteiger partial charge in [-0.2, -0.15) is 0 Å². The Labute approximate surface area is 98.7 Å². The van der Waals surface area contributed by atoms with Gasteiger partial charge in [-0.25, -0.2) is 9.97 Å². The molecule has 0 unspecified atom stereocenters. The lowest BCUT2D eigenvalue weighted by Gasteiger charge is -2.12. The second kappa shape index (κ2) is 5.94. The second-order valence-corrected chi connectivity index (χ2v) is 4.72. The van der Waals surface area contributed by atoms with Gasteiger partial charge in [-0.05, 0) is 24.4 Å². The summed E-state index contributed by atoms with van der Waals surface area (Å²) in [6.45, 7) is 12.5. The number of rotatable bonds is 5. The Bertz CT molecular complexity index is 306. The van der Waals surface area contributed by atoms with E-state index in [9.17, 15) is 0 Å². The van der Waals surface area contributed by atoms with E-state index in [1.165, 1.54) is 0 Å². The fraction of sp³-hybridized carbons (Fsp3) is 0.692. The molecule has 90 valence electrons. The number of hydrogen-bond donors (Lipinski definition) is 1. The molecule has 1 aromatic rings. The largest absolute Gasteiger partial charge is 0.310 e. The molecule has 0 aliphatic carbocycles. The molecule has 1 heterocycles. The average molecular weight is 221 g/mol. The standard InChI is InChI=1S/C13H23N3/c1-6-14-8-13-15-11(9(2)3)7-12(16-13)10(4)5/h7,9-10,14H,6,8H2,1-5H3. The van der Waals surface area contributed by atoms with Crippen LogP contribution in [0, 0.1) is 0 Å². The van der Waals surface area contributed by atoms with E-state index in [0.29, 0.717) is 11.8 Å². The summed E-state index contributed by atoms with van der Waals surface area (Å²) < 4.78 is 0. The van der Waals surface area contributed by atoms with Crippen LogP contribution in [0.2, 0.25) is 0 Å². The van der Waals surface area contributed by atoms with E-state index in [1.807, 2.05) is 0 Å². The quantitative estimate of drug-likeness (QED) is 0.831. The minimum Gasteiger partial charge on any atom is -0.310 e. The first-order valence-electron chi connectivity index (χ1n) is 6.13. The van der Waals surface area contributed by atoms with Crippen LogP contribution in [0.1, 0.15) is 63.7 Å². The number of nitrogens with one attached hydrogen (secondary N) is 1. The molecule has 0 saturated carbocycles. The van der Waals surface area contributed by atoms with Crippen LogP contribution in [0.3, 0.4) is 0 Å². The summed E-state index contributed by atoms with van der Waals surface area (Å²) in [6, 6.07) is 2.13. The van der Waals surface area contributed by atoms with Crippen molar-refractivity contribution in [3.63, 3.8) is 0 Å². The summed E-state index contributed by atoms with van der Waals surface area (Å²) >= 11 is 0. The van der Waals surface area contributed by atoms with Crippen LogP contribution >= 0.6 is 0 Å². The Hall–Kier alpha value is -0.960. The first-order valence-corrected chi connectivity index (χ1v) is 6.13. The van der Waals surface area contributed by atoms with Crippen molar-refractivity contribution in [1.29, 1.82) is 0 Å². The average Bonchev–Trinajstić information content (AvgIpc) is 2.25. The molecule has 3 heteroatoms. The SMILES string of the molecule is CCNCc1nc(C(C)C)cc(C(C)C)n1. The fourth-order valence-electron chi connectivity index (χ4n) is 1.45. The molecular weight excluding hydrogens is 198 g/mol. The van der Waals surface area contributed by atoms with E-state index in [0.717, 1.165) is 30.3 Å². The minimum absolute atomic E-state index is 0.459. The van der Waals surface area contributed by atoms with Gasteiger partial charge >= 0.3 is 0 Å². The molecule has 0 amide bonds. The molecule has 1 N–H and O–H groups in total. The van der Waals surface area contributed by atoms with Crippen LogP contribution in [0.15, 0.2) is 6.07 Å². The van der Waals surface area contributed by atoms with Gasteiger partial charge in [0.2, 0.25) is 0 Å². The maximum atomic E-state index is 4.58. The molecule has 0 fully saturated rings. The summed E-state index contributed by atoms with van der Waals surface area (Å²) in [5, 5.41) is 3.27. The van der Waals surface area contributed by atoms with Crippen molar-refractivity contribution >= 4 is 0 Å². The van der Waals surface area contributed by atoms with Gasteiger partial charge in [0, 0.05) is 11.4 Å². The Morgan fingerprint density at radius 1 is 1.06 bits per heavy atom. The summed E-state index contributed by atoms with van der Waals surface area (Å²) in [5.74, 6) is 1.83. The molecule has 16 heavy (non-hydrogen) atoms. The van der Waals surface area contributed by atoms with Gasteiger partial charge in [-0.1, -0.05) is 34.6 Å². The number of aromatic nitrogens is 2. The molecule has 0 radical (unpaired) electrons. The number of hydrogen-bond acceptors (Lipinski definition) is 3. The monoisotopic (exact) mass is 221 g/mol. The second-order valence-electron chi connectivity index (χ2n) is 4.72. The van der Waals surface area contributed by atoms with E-state index in [1.54, 1.807) is 0 Å². The molecule has 0 bridgehead atoms. The molecule has 1 aromatic heterocycles. The predicted molar refractivity (Wildman–Crippen MR) is 67.6 cm³/mol. The van der Waals surface area contributed by atoms with Gasteiger partial charge in [0.05, 0.1) is 6.54 Å². The van der Waals surface area contributed by atoms with E-state index in [2.05, 4.69) is 56.0 Å².